The van der Waals surface area contributed by atoms with Crippen LogP contribution in [0.1, 0.15) is 96.8 Å². The maximum atomic E-state index is 10.0. The Kier molecular flexibility index (Phi) is 15.7. The molecular formula is C23H44O5. The molecule has 0 saturated carbocycles. The Morgan fingerprint density at radius 3 is 1.93 bits per heavy atom. The average molecular weight is 401 g/mol. The molecule has 0 aromatic rings. The Hall–Kier alpha value is -0.620. The fourth-order valence-corrected chi connectivity index (χ4v) is 3.68. The zero-order chi connectivity index (χ0) is 20.5. The number of ether oxygens (including phenoxy) is 2. The molecule has 28 heavy (non-hydrogen) atoms. The topological polar surface area (TPSA) is 79.2 Å². The van der Waals surface area contributed by atoms with Gasteiger partial charge in [0.15, 0.2) is 6.10 Å². The Labute approximate surface area is 172 Å². The van der Waals surface area contributed by atoms with Crippen LogP contribution < -0.4 is 0 Å². The summed E-state index contributed by atoms with van der Waals surface area (Å²) >= 11 is 0. The lowest BCUT2D eigenvalue weighted by atomic mass is 10.0. The van der Waals surface area contributed by atoms with E-state index in [4.69, 9.17) is 14.6 Å². The van der Waals surface area contributed by atoms with Crippen LogP contribution in [0.3, 0.4) is 0 Å². The summed E-state index contributed by atoms with van der Waals surface area (Å²) in [5.41, 5.74) is 0. The van der Waals surface area contributed by atoms with Crippen LogP contribution in [0.5, 0.6) is 0 Å². The van der Waals surface area contributed by atoms with Crippen molar-refractivity contribution in [3.63, 3.8) is 0 Å². The Morgan fingerprint density at radius 2 is 1.39 bits per heavy atom. The van der Waals surface area contributed by atoms with Crippen molar-refractivity contribution in [2.45, 2.75) is 121 Å². The van der Waals surface area contributed by atoms with Crippen LogP contribution in [0, 0.1) is 0 Å². The van der Waals surface area contributed by atoms with Gasteiger partial charge in [-0.15, -0.1) is 0 Å². The number of unbranched alkanes of at least 4 members (excludes halogenated alkanes) is 13. The lowest BCUT2D eigenvalue weighted by Gasteiger charge is -2.36. The Balaban J connectivity index is 1.90. The summed E-state index contributed by atoms with van der Waals surface area (Å²) in [6.07, 6.45) is 18.6. The summed E-state index contributed by atoms with van der Waals surface area (Å²) in [5, 5.41) is 29.0. The van der Waals surface area contributed by atoms with Gasteiger partial charge in [-0.1, -0.05) is 84.0 Å². The molecule has 0 aromatic heterocycles. The first-order chi connectivity index (χ1) is 13.7. The van der Waals surface area contributed by atoms with Crippen LogP contribution in [0.4, 0.5) is 0 Å². The third-order valence-corrected chi connectivity index (χ3v) is 5.56. The van der Waals surface area contributed by atoms with E-state index in [1.54, 1.807) is 6.26 Å². The van der Waals surface area contributed by atoms with Gasteiger partial charge in [-0.25, -0.2) is 0 Å². The first-order valence-corrected chi connectivity index (χ1v) is 11.6. The summed E-state index contributed by atoms with van der Waals surface area (Å²) in [7, 11) is 0. The van der Waals surface area contributed by atoms with Gasteiger partial charge in [0.1, 0.15) is 18.3 Å². The van der Waals surface area contributed by atoms with Gasteiger partial charge in [0.25, 0.3) is 0 Å². The van der Waals surface area contributed by atoms with Crippen molar-refractivity contribution >= 4 is 0 Å². The van der Waals surface area contributed by atoms with Gasteiger partial charge in [-0.3, -0.25) is 0 Å². The van der Waals surface area contributed by atoms with Crippen molar-refractivity contribution in [2.24, 2.45) is 0 Å². The molecule has 0 bridgehead atoms. The average Bonchev–Trinajstić information content (AvgIpc) is 2.70. The summed E-state index contributed by atoms with van der Waals surface area (Å²) in [6.45, 7) is 2.05. The molecule has 5 nitrogen and oxygen atoms in total. The molecule has 1 aliphatic heterocycles. The molecule has 0 aromatic carbocycles. The fourth-order valence-electron chi connectivity index (χ4n) is 3.68. The highest BCUT2D eigenvalue weighted by Crippen LogP contribution is 2.19. The second-order valence-corrected chi connectivity index (χ2v) is 8.12. The van der Waals surface area contributed by atoms with E-state index in [9.17, 15) is 10.2 Å². The van der Waals surface area contributed by atoms with Crippen molar-refractivity contribution in [1.29, 1.82) is 0 Å². The van der Waals surface area contributed by atoms with E-state index in [-0.39, 0.29) is 13.2 Å². The van der Waals surface area contributed by atoms with Gasteiger partial charge in [0.05, 0.1) is 19.5 Å². The Morgan fingerprint density at radius 1 is 0.857 bits per heavy atom. The molecule has 0 radical (unpaired) electrons. The number of allylic oxidation sites excluding steroid dienone is 1. The number of aliphatic hydroxyl groups is 3. The summed E-state index contributed by atoms with van der Waals surface area (Å²) < 4.78 is 10.6. The lowest BCUT2D eigenvalue weighted by Crippen LogP contribution is -2.54. The molecule has 0 aliphatic carbocycles. The van der Waals surface area contributed by atoms with Gasteiger partial charge in [-0.2, -0.15) is 0 Å². The summed E-state index contributed by atoms with van der Waals surface area (Å²) in [4.78, 5) is 0. The van der Waals surface area contributed by atoms with Crippen LogP contribution in [-0.2, 0) is 9.47 Å². The minimum Gasteiger partial charge on any atom is -0.493 e. The van der Waals surface area contributed by atoms with Crippen LogP contribution in [0.25, 0.3) is 0 Å². The predicted octanol–water partition coefficient (Wildman–Crippen LogP) is 4.48. The minimum absolute atomic E-state index is 0.0691. The normalized spacial score (nSPS) is 25.4. The molecule has 1 saturated heterocycles. The molecular weight excluding hydrogens is 356 g/mol. The molecule has 3 N–H and O–H groups in total. The quantitative estimate of drug-likeness (QED) is 0.248. The molecule has 0 amide bonds. The summed E-state index contributed by atoms with van der Waals surface area (Å²) in [6, 6.07) is 0. The highest BCUT2D eigenvalue weighted by atomic mass is 16.6. The van der Waals surface area contributed by atoms with Crippen LogP contribution in [-0.4, -0.2) is 52.9 Å². The number of aliphatic hydroxyl groups excluding tert-OH is 3. The third-order valence-electron chi connectivity index (χ3n) is 5.56. The molecule has 1 heterocycles. The van der Waals surface area contributed by atoms with Gasteiger partial charge in [-0.05, 0) is 18.9 Å². The van der Waals surface area contributed by atoms with E-state index in [1.165, 1.54) is 77.0 Å². The predicted molar refractivity (Wildman–Crippen MR) is 113 cm³/mol. The van der Waals surface area contributed by atoms with Gasteiger partial charge in [0.2, 0.25) is 0 Å². The van der Waals surface area contributed by atoms with E-state index >= 15 is 0 Å². The van der Waals surface area contributed by atoms with Crippen molar-refractivity contribution < 1.29 is 24.8 Å². The molecule has 5 heteroatoms. The first-order valence-electron chi connectivity index (χ1n) is 11.6. The van der Waals surface area contributed by atoms with Gasteiger partial charge >= 0.3 is 0 Å². The van der Waals surface area contributed by atoms with E-state index in [1.807, 2.05) is 6.08 Å². The summed E-state index contributed by atoms with van der Waals surface area (Å²) in [5.74, 6) is 0. The van der Waals surface area contributed by atoms with E-state index in [0.29, 0.717) is 0 Å². The standard InChI is InChI=1S/C23H44O5/c1-2-3-4-5-6-7-8-9-10-11-12-13-14-15-16-17-27-23-20(25)19-28-21(18-24)22(23)26/h16-17,20-26H,2-15,18-19H2,1H3/b17-16+/t20-,21+,22+,23+/m1/s1. The third kappa shape index (κ3) is 11.4. The second-order valence-electron chi connectivity index (χ2n) is 8.12. The highest BCUT2D eigenvalue weighted by molar-refractivity contribution is 4.89. The van der Waals surface area contributed by atoms with Crippen LogP contribution in [0.15, 0.2) is 12.3 Å². The fraction of sp³-hybridized carbons (Fsp3) is 0.913. The van der Waals surface area contributed by atoms with Gasteiger partial charge in [0, 0.05) is 0 Å². The molecule has 4 atom stereocenters. The molecule has 0 unspecified atom stereocenters. The van der Waals surface area contributed by atoms with Crippen LogP contribution in [0.2, 0.25) is 0 Å². The lowest BCUT2D eigenvalue weighted by molar-refractivity contribution is -0.197. The minimum atomic E-state index is -1.02. The molecule has 1 fully saturated rings. The van der Waals surface area contributed by atoms with E-state index in [2.05, 4.69) is 6.92 Å². The van der Waals surface area contributed by atoms with Crippen molar-refractivity contribution in [3.05, 3.63) is 12.3 Å². The number of hydrogen-bond acceptors (Lipinski definition) is 5. The zero-order valence-electron chi connectivity index (χ0n) is 17.9. The molecule has 1 rings (SSSR count). The monoisotopic (exact) mass is 400 g/mol. The van der Waals surface area contributed by atoms with Crippen molar-refractivity contribution in [1.82, 2.24) is 0 Å². The highest BCUT2D eigenvalue weighted by Gasteiger charge is 2.39. The smallest absolute Gasteiger partial charge is 0.154 e. The largest absolute Gasteiger partial charge is 0.493 e. The molecule has 166 valence electrons. The SMILES string of the molecule is CCCCCCCCCCCCCCC/C=C/O[C@@H]1[C@@H](O)[C@H](CO)OC[C@H]1O. The van der Waals surface area contributed by atoms with E-state index in [0.717, 1.165) is 12.8 Å². The molecule has 1 aliphatic rings. The maximum absolute atomic E-state index is 10.0. The zero-order valence-corrected chi connectivity index (χ0v) is 17.9. The second kappa shape index (κ2) is 17.3. The number of hydrogen-bond donors (Lipinski definition) is 3. The van der Waals surface area contributed by atoms with Crippen molar-refractivity contribution in [2.75, 3.05) is 13.2 Å². The van der Waals surface area contributed by atoms with Crippen LogP contribution >= 0.6 is 0 Å². The number of rotatable bonds is 17. The maximum Gasteiger partial charge on any atom is 0.154 e. The Bertz CT molecular complexity index is 374. The van der Waals surface area contributed by atoms with Gasteiger partial charge < -0.3 is 24.8 Å². The molecule has 0 spiro atoms. The first kappa shape index (κ1) is 25.4. The van der Waals surface area contributed by atoms with E-state index < -0.39 is 24.4 Å². The van der Waals surface area contributed by atoms with Crippen molar-refractivity contribution in [3.8, 4) is 0 Å².